The number of anilines is 3. The van der Waals surface area contributed by atoms with Crippen LogP contribution in [0.2, 0.25) is 0 Å². The molecule has 0 saturated carbocycles. The van der Waals surface area contributed by atoms with Crippen molar-refractivity contribution in [3.05, 3.63) is 39.7 Å². The first-order chi connectivity index (χ1) is 9.61. The lowest BCUT2D eigenvalue weighted by Gasteiger charge is -2.17. The predicted molar refractivity (Wildman–Crippen MR) is 92.7 cm³/mol. The first kappa shape index (κ1) is 15.0. The highest BCUT2D eigenvalue weighted by Gasteiger charge is 2.14. The van der Waals surface area contributed by atoms with Crippen LogP contribution in [-0.2, 0) is 0 Å². The molecule has 5 heteroatoms. The molecule has 0 aliphatic rings. The molecule has 1 aromatic carbocycles. The number of hydrogen-bond donors (Lipinski definition) is 2. The first-order valence-corrected chi connectivity index (χ1v) is 7.81. The monoisotopic (exact) mass is 382 g/mol. The third kappa shape index (κ3) is 3.59. The minimum absolute atomic E-state index is 0.344. The van der Waals surface area contributed by atoms with Crippen LogP contribution in [0, 0.1) is 3.57 Å². The van der Waals surface area contributed by atoms with Crippen LogP contribution >= 0.6 is 22.6 Å². The summed E-state index contributed by atoms with van der Waals surface area (Å²) in [6, 6.07) is 8.26. The van der Waals surface area contributed by atoms with E-state index in [1.54, 1.807) is 6.33 Å². The molecule has 0 saturated heterocycles. The van der Waals surface area contributed by atoms with Crippen molar-refractivity contribution in [1.29, 1.82) is 0 Å². The van der Waals surface area contributed by atoms with E-state index in [1.165, 1.54) is 3.57 Å². The average Bonchev–Trinajstić information content (AvgIpc) is 2.41. The lowest BCUT2D eigenvalue weighted by atomic mass is 10.0. The van der Waals surface area contributed by atoms with Crippen LogP contribution in [0.4, 0.5) is 17.3 Å². The molecule has 1 heterocycles. The van der Waals surface area contributed by atoms with Gasteiger partial charge in [0.1, 0.15) is 18.0 Å². The van der Waals surface area contributed by atoms with Crippen molar-refractivity contribution < 1.29 is 0 Å². The minimum Gasteiger partial charge on any atom is -0.370 e. The summed E-state index contributed by atoms with van der Waals surface area (Å²) < 4.78 is 1.22. The van der Waals surface area contributed by atoms with Crippen LogP contribution in [0.15, 0.2) is 30.6 Å². The smallest absolute Gasteiger partial charge is 0.139 e. The zero-order valence-electron chi connectivity index (χ0n) is 11.9. The lowest BCUT2D eigenvalue weighted by molar-refractivity contribution is 0.849. The molecule has 20 heavy (non-hydrogen) atoms. The Morgan fingerprint density at radius 1 is 1.10 bits per heavy atom. The quantitative estimate of drug-likeness (QED) is 0.754. The van der Waals surface area contributed by atoms with Gasteiger partial charge in [-0.15, -0.1) is 0 Å². The number of aromatic nitrogens is 2. The van der Waals surface area contributed by atoms with Crippen molar-refractivity contribution in [3.63, 3.8) is 0 Å². The summed E-state index contributed by atoms with van der Waals surface area (Å²) in [5.41, 5.74) is 2.15. The number of nitrogens with one attached hydrogen (secondary N) is 2. The Labute approximate surface area is 133 Å². The molecule has 0 spiro atoms. The summed E-state index contributed by atoms with van der Waals surface area (Å²) >= 11 is 2.30. The maximum atomic E-state index is 4.40. The Morgan fingerprint density at radius 2 is 1.75 bits per heavy atom. The molecule has 106 valence electrons. The fraction of sp³-hybridized carbons (Fsp3) is 0.333. The van der Waals surface area contributed by atoms with E-state index in [-0.39, 0.29) is 0 Å². The largest absolute Gasteiger partial charge is 0.370 e. The van der Waals surface area contributed by atoms with Gasteiger partial charge in [-0.2, -0.15) is 0 Å². The molecule has 2 aromatic rings. The van der Waals surface area contributed by atoms with Crippen molar-refractivity contribution in [2.45, 2.75) is 26.7 Å². The van der Waals surface area contributed by atoms with Crippen LogP contribution in [0.3, 0.4) is 0 Å². The SMILES string of the molecule is CCNc1ncnc(Nc2ccc(I)cc2)c1C(C)C. The van der Waals surface area contributed by atoms with Crippen LogP contribution in [0.25, 0.3) is 0 Å². The Bertz CT molecular complexity index is 567. The Kier molecular flexibility index (Phi) is 5.17. The Balaban J connectivity index is 2.35. The fourth-order valence-corrected chi connectivity index (χ4v) is 2.38. The number of rotatable bonds is 5. The summed E-state index contributed by atoms with van der Waals surface area (Å²) in [6.07, 6.45) is 1.60. The molecular formula is C15H19IN4. The van der Waals surface area contributed by atoms with Gasteiger partial charge in [0.05, 0.1) is 0 Å². The van der Waals surface area contributed by atoms with E-state index < -0.39 is 0 Å². The summed E-state index contributed by atoms with van der Waals surface area (Å²) in [5, 5.41) is 6.69. The van der Waals surface area contributed by atoms with Gasteiger partial charge in [-0.05, 0) is 59.7 Å². The zero-order valence-corrected chi connectivity index (χ0v) is 14.1. The highest BCUT2D eigenvalue weighted by molar-refractivity contribution is 14.1. The molecule has 4 nitrogen and oxygen atoms in total. The second-order valence-electron chi connectivity index (χ2n) is 4.80. The molecule has 0 aliphatic carbocycles. The molecule has 0 bridgehead atoms. The van der Waals surface area contributed by atoms with E-state index >= 15 is 0 Å². The van der Waals surface area contributed by atoms with Crippen molar-refractivity contribution >= 4 is 39.9 Å². The van der Waals surface area contributed by atoms with Gasteiger partial charge in [0.2, 0.25) is 0 Å². The van der Waals surface area contributed by atoms with Gasteiger partial charge in [0.15, 0.2) is 0 Å². The molecule has 0 radical (unpaired) electrons. The minimum atomic E-state index is 0.344. The molecule has 0 aliphatic heterocycles. The van der Waals surface area contributed by atoms with E-state index in [0.29, 0.717) is 5.92 Å². The summed E-state index contributed by atoms with van der Waals surface area (Å²) in [5.74, 6) is 2.12. The van der Waals surface area contributed by atoms with E-state index in [0.717, 1.165) is 29.4 Å². The van der Waals surface area contributed by atoms with Gasteiger partial charge in [0, 0.05) is 21.4 Å². The van der Waals surface area contributed by atoms with Crippen molar-refractivity contribution in [2.24, 2.45) is 0 Å². The van der Waals surface area contributed by atoms with Crippen molar-refractivity contribution in [1.82, 2.24) is 9.97 Å². The van der Waals surface area contributed by atoms with Crippen LogP contribution in [0.1, 0.15) is 32.3 Å². The molecule has 0 amide bonds. The third-order valence-electron chi connectivity index (χ3n) is 2.91. The van der Waals surface area contributed by atoms with E-state index in [2.05, 4.69) is 88.2 Å². The Hall–Kier alpha value is -1.37. The highest BCUT2D eigenvalue weighted by Crippen LogP contribution is 2.30. The average molecular weight is 382 g/mol. The summed E-state index contributed by atoms with van der Waals surface area (Å²) in [7, 11) is 0. The van der Waals surface area contributed by atoms with Crippen LogP contribution in [0.5, 0.6) is 0 Å². The molecule has 1 aromatic heterocycles. The Morgan fingerprint density at radius 3 is 2.35 bits per heavy atom. The van der Waals surface area contributed by atoms with Crippen molar-refractivity contribution in [2.75, 3.05) is 17.2 Å². The molecule has 0 fully saturated rings. The predicted octanol–water partition coefficient (Wildman–Crippen LogP) is 4.38. The normalized spacial score (nSPS) is 10.7. The van der Waals surface area contributed by atoms with Gasteiger partial charge < -0.3 is 10.6 Å². The maximum absolute atomic E-state index is 4.40. The maximum Gasteiger partial charge on any atom is 0.139 e. The highest BCUT2D eigenvalue weighted by atomic mass is 127. The summed E-state index contributed by atoms with van der Waals surface area (Å²) in [6.45, 7) is 7.22. The third-order valence-corrected chi connectivity index (χ3v) is 3.63. The second-order valence-corrected chi connectivity index (χ2v) is 6.05. The van der Waals surface area contributed by atoms with E-state index in [9.17, 15) is 0 Å². The van der Waals surface area contributed by atoms with Gasteiger partial charge in [0.25, 0.3) is 0 Å². The van der Waals surface area contributed by atoms with E-state index in [4.69, 9.17) is 0 Å². The van der Waals surface area contributed by atoms with Gasteiger partial charge in [-0.25, -0.2) is 9.97 Å². The topological polar surface area (TPSA) is 49.8 Å². The van der Waals surface area contributed by atoms with Gasteiger partial charge in [-0.1, -0.05) is 13.8 Å². The second kappa shape index (κ2) is 6.88. The molecule has 0 unspecified atom stereocenters. The van der Waals surface area contributed by atoms with Crippen molar-refractivity contribution in [3.8, 4) is 0 Å². The van der Waals surface area contributed by atoms with E-state index in [1.807, 2.05) is 0 Å². The molecule has 2 N–H and O–H groups in total. The molecule has 2 rings (SSSR count). The van der Waals surface area contributed by atoms with Crippen LogP contribution in [-0.4, -0.2) is 16.5 Å². The van der Waals surface area contributed by atoms with Crippen LogP contribution < -0.4 is 10.6 Å². The number of benzene rings is 1. The molecular weight excluding hydrogens is 363 g/mol. The lowest BCUT2D eigenvalue weighted by Crippen LogP contribution is -2.09. The van der Waals surface area contributed by atoms with Gasteiger partial charge >= 0.3 is 0 Å². The summed E-state index contributed by atoms with van der Waals surface area (Å²) in [4.78, 5) is 8.74. The molecule has 0 atom stereocenters. The standard InChI is InChI=1S/C15H19IN4/c1-4-17-14-13(10(2)3)15(19-9-18-14)20-12-7-5-11(16)6-8-12/h5-10H,4H2,1-3H3,(H2,17,18,19,20). The van der Waals surface area contributed by atoms with Gasteiger partial charge in [-0.3, -0.25) is 0 Å². The number of halogens is 1. The number of nitrogens with zero attached hydrogens (tertiary/aromatic N) is 2. The first-order valence-electron chi connectivity index (χ1n) is 6.73. The fourth-order valence-electron chi connectivity index (χ4n) is 2.02. The zero-order chi connectivity index (χ0) is 14.5. The number of hydrogen-bond acceptors (Lipinski definition) is 4.